The normalized spacial score (nSPS) is 16.1. The molecule has 0 rings (SSSR count). The Morgan fingerprint density at radius 2 is 1.70 bits per heavy atom. The van der Waals surface area contributed by atoms with E-state index in [1.807, 2.05) is 6.92 Å². The zero-order valence-corrected chi connectivity index (χ0v) is 12.8. The van der Waals surface area contributed by atoms with Crippen LogP contribution in [0.3, 0.4) is 0 Å². The van der Waals surface area contributed by atoms with Crippen molar-refractivity contribution >= 4 is 11.9 Å². The first-order valence-electron chi connectivity index (χ1n) is 6.86. The molecule has 6 heteroatoms. The quantitative estimate of drug-likeness (QED) is 0.644. The molecule has 118 valence electrons. The molecular weight excluding hydrogens is 270 g/mol. The molecule has 0 spiro atoms. The van der Waals surface area contributed by atoms with Crippen molar-refractivity contribution < 1.29 is 27.8 Å². The first-order valence-corrected chi connectivity index (χ1v) is 6.86. The molecule has 0 aromatic carbocycles. The summed E-state index contributed by atoms with van der Waals surface area (Å²) >= 11 is 0. The van der Waals surface area contributed by atoms with Crippen LogP contribution in [0.2, 0.25) is 0 Å². The fourth-order valence-corrected chi connectivity index (χ4v) is 1.93. The maximum absolute atomic E-state index is 13.8. The lowest BCUT2D eigenvalue weighted by Crippen LogP contribution is -2.46. The van der Waals surface area contributed by atoms with Crippen LogP contribution in [0.4, 0.5) is 8.78 Å². The molecular formula is C14H24F2O4. The van der Waals surface area contributed by atoms with Crippen molar-refractivity contribution in [3.05, 3.63) is 0 Å². The predicted molar refractivity (Wildman–Crippen MR) is 70.4 cm³/mol. The van der Waals surface area contributed by atoms with E-state index in [0.717, 1.165) is 13.5 Å². The molecule has 0 saturated carbocycles. The Morgan fingerprint density at radius 3 is 2.05 bits per heavy atom. The second-order valence-corrected chi connectivity index (χ2v) is 5.08. The van der Waals surface area contributed by atoms with Crippen LogP contribution in [-0.4, -0.2) is 31.1 Å². The fraction of sp³-hybridized carbons (Fsp3) is 0.857. The highest BCUT2D eigenvalue weighted by molar-refractivity contribution is 5.80. The van der Waals surface area contributed by atoms with Gasteiger partial charge in [0.05, 0.1) is 12.5 Å². The third-order valence-electron chi connectivity index (χ3n) is 3.56. The summed E-state index contributed by atoms with van der Waals surface area (Å²) in [6.45, 7) is 6.82. The summed E-state index contributed by atoms with van der Waals surface area (Å²) in [5, 5.41) is 0. The van der Waals surface area contributed by atoms with Crippen molar-refractivity contribution in [1.82, 2.24) is 0 Å². The molecule has 20 heavy (non-hydrogen) atoms. The second-order valence-electron chi connectivity index (χ2n) is 5.08. The van der Waals surface area contributed by atoms with Gasteiger partial charge in [-0.2, -0.15) is 8.78 Å². The van der Waals surface area contributed by atoms with Gasteiger partial charge in [0.1, 0.15) is 0 Å². The SMILES string of the molecule is CCCC(C)(CC)C(=O)OC(CC)C(F)(F)C(=O)OC. The first-order chi connectivity index (χ1) is 9.19. The van der Waals surface area contributed by atoms with Crippen LogP contribution in [0.15, 0.2) is 0 Å². The molecule has 0 aliphatic carbocycles. The van der Waals surface area contributed by atoms with Crippen LogP contribution in [0.25, 0.3) is 0 Å². The fourth-order valence-electron chi connectivity index (χ4n) is 1.93. The van der Waals surface area contributed by atoms with E-state index in [1.165, 1.54) is 6.92 Å². The Morgan fingerprint density at radius 1 is 1.15 bits per heavy atom. The van der Waals surface area contributed by atoms with E-state index in [4.69, 9.17) is 4.74 Å². The largest absolute Gasteiger partial charge is 0.464 e. The molecule has 0 radical (unpaired) electrons. The number of halogens is 2. The summed E-state index contributed by atoms with van der Waals surface area (Å²) in [7, 11) is 0.873. The Bertz CT molecular complexity index is 344. The lowest BCUT2D eigenvalue weighted by Gasteiger charge is -2.30. The second kappa shape index (κ2) is 7.55. The third kappa shape index (κ3) is 4.15. The Hall–Kier alpha value is -1.20. The lowest BCUT2D eigenvalue weighted by molar-refractivity contribution is -0.201. The average Bonchev–Trinajstić information content (AvgIpc) is 2.42. The van der Waals surface area contributed by atoms with Crippen molar-refractivity contribution in [1.29, 1.82) is 0 Å². The number of esters is 2. The Labute approximate surface area is 118 Å². The lowest BCUT2D eigenvalue weighted by atomic mass is 9.83. The van der Waals surface area contributed by atoms with E-state index in [-0.39, 0.29) is 6.42 Å². The molecule has 0 aromatic heterocycles. The van der Waals surface area contributed by atoms with Crippen LogP contribution < -0.4 is 0 Å². The minimum Gasteiger partial charge on any atom is -0.464 e. The minimum atomic E-state index is -3.83. The van der Waals surface area contributed by atoms with Gasteiger partial charge in [0, 0.05) is 0 Å². The standard InChI is InChI=1S/C14H24F2O4/c1-6-9-13(4,8-3)11(17)20-10(7-2)14(15,16)12(18)19-5/h10H,6-9H2,1-5H3. The minimum absolute atomic E-state index is 0.167. The monoisotopic (exact) mass is 294 g/mol. The van der Waals surface area contributed by atoms with E-state index >= 15 is 0 Å². The summed E-state index contributed by atoms with van der Waals surface area (Å²) in [6, 6.07) is 0. The molecule has 0 bridgehead atoms. The predicted octanol–water partition coefficient (Wildman–Crippen LogP) is 3.33. The summed E-state index contributed by atoms with van der Waals surface area (Å²) in [6.07, 6.45) is -0.198. The number of carbonyl (C=O) groups is 2. The zero-order chi connectivity index (χ0) is 16.0. The topological polar surface area (TPSA) is 52.6 Å². The van der Waals surface area contributed by atoms with Crippen molar-refractivity contribution in [2.75, 3.05) is 7.11 Å². The number of carbonyl (C=O) groups excluding carboxylic acids is 2. The van der Waals surface area contributed by atoms with E-state index in [2.05, 4.69) is 4.74 Å². The maximum atomic E-state index is 13.8. The van der Waals surface area contributed by atoms with Gasteiger partial charge in [-0.25, -0.2) is 4.79 Å². The number of alkyl halides is 2. The highest BCUT2D eigenvalue weighted by Crippen LogP contribution is 2.33. The number of ether oxygens (including phenoxy) is 2. The van der Waals surface area contributed by atoms with Crippen LogP contribution in [0, 0.1) is 5.41 Å². The smallest absolute Gasteiger partial charge is 0.380 e. The van der Waals surface area contributed by atoms with E-state index in [1.54, 1.807) is 13.8 Å². The van der Waals surface area contributed by atoms with Gasteiger partial charge in [-0.15, -0.1) is 0 Å². The molecule has 0 heterocycles. The molecule has 0 N–H and O–H groups in total. The number of hydrogen-bond donors (Lipinski definition) is 0. The molecule has 0 aromatic rings. The Kier molecular flexibility index (Phi) is 7.09. The molecule has 0 saturated heterocycles. The molecule has 0 fully saturated rings. The van der Waals surface area contributed by atoms with Crippen molar-refractivity contribution in [3.63, 3.8) is 0 Å². The highest BCUT2D eigenvalue weighted by atomic mass is 19.3. The van der Waals surface area contributed by atoms with Gasteiger partial charge in [0.2, 0.25) is 0 Å². The van der Waals surface area contributed by atoms with Crippen molar-refractivity contribution in [3.8, 4) is 0 Å². The van der Waals surface area contributed by atoms with Crippen molar-refractivity contribution in [2.45, 2.75) is 65.4 Å². The van der Waals surface area contributed by atoms with E-state index in [0.29, 0.717) is 12.8 Å². The van der Waals surface area contributed by atoms with E-state index < -0.39 is 29.4 Å². The molecule has 0 aliphatic heterocycles. The zero-order valence-electron chi connectivity index (χ0n) is 12.8. The molecule has 2 atom stereocenters. The molecule has 2 unspecified atom stereocenters. The molecule has 4 nitrogen and oxygen atoms in total. The average molecular weight is 294 g/mol. The summed E-state index contributed by atoms with van der Waals surface area (Å²) < 4.78 is 36.5. The van der Waals surface area contributed by atoms with Gasteiger partial charge in [-0.05, 0) is 26.2 Å². The van der Waals surface area contributed by atoms with Crippen LogP contribution in [0.5, 0.6) is 0 Å². The van der Waals surface area contributed by atoms with Crippen LogP contribution in [-0.2, 0) is 19.1 Å². The van der Waals surface area contributed by atoms with Crippen molar-refractivity contribution in [2.24, 2.45) is 5.41 Å². The van der Waals surface area contributed by atoms with Gasteiger partial charge in [-0.3, -0.25) is 4.79 Å². The van der Waals surface area contributed by atoms with Gasteiger partial charge >= 0.3 is 17.9 Å². The number of hydrogen-bond acceptors (Lipinski definition) is 4. The van der Waals surface area contributed by atoms with Gasteiger partial charge < -0.3 is 9.47 Å². The van der Waals surface area contributed by atoms with E-state index in [9.17, 15) is 18.4 Å². The maximum Gasteiger partial charge on any atom is 0.380 e. The summed E-state index contributed by atoms with van der Waals surface area (Å²) in [5.41, 5.74) is -0.811. The van der Waals surface area contributed by atoms with Crippen LogP contribution in [0.1, 0.15) is 53.4 Å². The third-order valence-corrected chi connectivity index (χ3v) is 3.56. The van der Waals surface area contributed by atoms with Gasteiger partial charge in [0.15, 0.2) is 6.10 Å². The van der Waals surface area contributed by atoms with Gasteiger partial charge in [-0.1, -0.05) is 27.2 Å². The number of rotatable bonds is 8. The first kappa shape index (κ1) is 18.8. The number of methoxy groups -OCH3 is 1. The molecule has 0 amide bonds. The van der Waals surface area contributed by atoms with Gasteiger partial charge in [0.25, 0.3) is 0 Å². The highest BCUT2D eigenvalue weighted by Gasteiger charge is 2.51. The Balaban J connectivity index is 5.05. The summed E-state index contributed by atoms with van der Waals surface area (Å²) in [4.78, 5) is 23.2. The van der Waals surface area contributed by atoms with Crippen LogP contribution >= 0.6 is 0 Å². The molecule has 0 aliphatic rings. The summed E-state index contributed by atoms with van der Waals surface area (Å²) in [5.74, 6) is -6.22.